The fourth-order valence-corrected chi connectivity index (χ4v) is 10.9. The minimum atomic E-state index is -0.184. The Hall–Kier alpha value is -14.5. The molecule has 0 aliphatic carbocycles. The van der Waals surface area contributed by atoms with E-state index in [9.17, 15) is 14.7 Å². The molecule has 0 bridgehead atoms. The van der Waals surface area contributed by atoms with Gasteiger partial charge in [0.2, 0.25) is 5.91 Å². The first-order chi connectivity index (χ1) is 50.7. The minimum absolute atomic E-state index is 0.0442. The van der Waals surface area contributed by atoms with Gasteiger partial charge in [-0.05, 0) is 90.3 Å². The lowest BCUT2D eigenvalue weighted by Crippen LogP contribution is -2.24. The highest BCUT2D eigenvalue weighted by atomic mass is 16.3. The molecule has 0 saturated heterocycles. The van der Waals surface area contributed by atoms with Crippen LogP contribution < -0.4 is 33.6 Å². The van der Waals surface area contributed by atoms with Crippen LogP contribution in [0.15, 0.2) is 219 Å². The third kappa shape index (κ3) is 15.7. The second-order valence-electron chi connectivity index (χ2n) is 23.4. The lowest BCUT2D eigenvalue weighted by molar-refractivity contribution is -0.119. The third-order valence-corrected chi connectivity index (χ3v) is 16.3. The number of nitrogens with two attached hydrogens (primary N) is 4. The van der Waals surface area contributed by atoms with Crippen molar-refractivity contribution < 1.29 is 19.8 Å². The molecule has 104 heavy (non-hydrogen) atoms. The zero-order valence-corrected chi connectivity index (χ0v) is 55.7. The Balaban J connectivity index is 0.000000124. The number of hydrogen-bond donors (Lipinski definition) is 12. The van der Waals surface area contributed by atoms with Crippen molar-refractivity contribution in [3.05, 3.63) is 241 Å². The Bertz CT molecular complexity index is 5660. The summed E-state index contributed by atoms with van der Waals surface area (Å²) in [6.45, 7) is 2.40. The number of fused-ring (bicyclic) bond motifs is 4. The summed E-state index contributed by atoms with van der Waals surface area (Å²) in [4.78, 5) is 89.7. The smallest absolute Gasteiger partial charge is 0.251 e. The molecule has 8 aromatic carbocycles. The fourth-order valence-electron chi connectivity index (χ4n) is 10.9. The molecular weight excluding hydrogens is 1310 g/mol. The molecule has 0 atom stereocenters. The molecule has 27 heteroatoms. The quantitative estimate of drug-likeness (QED) is 0.0424. The van der Waals surface area contributed by atoms with Crippen molar-refractivity contribution in [3.8, 4) is 97.2 Å². The van der Waals surface area contributed by atoms with E-state index in [0.29, 0.717) is 117 Å². The van der Waals surface area contributed by atoms with Crippen LogP contribution in [0.1, 0.15) is 40.4 Å². The lowest BCUT2D eigenvalue weighted by atomic mass is 10.1. The summed E-state index contributed by atoms with van der Waals surface area (Å²) in [5, 5.41) is 32.7. The van der Waals surface area contributed by atoms with Crippen LogP contribution in [0.5, 0.6) is 0 Å². The van der Waals surface area contributed by atoms with Crippen LogP contribution in [-0.2, 0) is 17.9 Å². The molecule has 512 valence electrons. The van der Waals surface area contributed by atoms with E-state index in [1.165, 1.54) is 6.92 Å². The summed E-state index contributed by atoms with van der Waals surface area (Å²) < 4.78 is 0. The molecule has 0 spiro atoms. The van der Waals surface area contributed by atoms with E-state index < -0.39 is 0 Å². The van der Waals surface area contributed by atoms with E-state index in [1.807, 2.05) is 170 Å². The maximum absolute atomic E-state index is 12.1. The topological polar surface area (TPSA) is 444 Å². The molecule has 8 heterocycles. The van der Waals surface area contributed by atoms with Crippen molar-refractivity contribution in [3.63, 3.8) is 0 Å². The van der Waals surface area contributed by atoms with Gasteiger partial charge in [-0.3, -0.25) is 9.59 Å². The maximum atomic E-state index is 12.1. The first-order valence-corrected chi connectivity index (χ1v) is 32.6. The largest absolute Gasteiger partial charge is 0.396 e. The first kappa shape index (κ1) is 68.1. The van der Waals surface area contributed by atoms with Crippen LogP contribution in [0.3, 0.4) is 0 Å². The molecule has 16 aromatic rings. The summed E-state index contributed by atoms with van der Waals surface area (Å²) >= 11 is 0. The SMILES string of the molecule is CC(=O)NCc1ccc(-c2cnc(N)c(-c3nc4ccccc4[nH]3)n2)cc1.N#Cc1ccc(-c2cnc(N)c(-c3nc4ccccc4[nH]3)n2)cc1.Nc1ncc(-c2ccc(C(=O)NCCCO)cc2)nc1-c1nc2ccccc2[nH]1.Nc1ncc(-c2ccccc2CO)nc1-c1nc2ccccc2[nH]1. The summed E-state index contributed by atoms with van der Waals surface area (Å²) in [5.41, 5.74) is 42.0. The number of para-hydroxylation sites is 8. The molecule has 0 saturated carbocycles. The molecule has 0 radical (unpaired) electrons. The summed E-state index contributed by atoms with van der Waals surface area (Å²) in [7, 11) is 0. The van der Waals surface area contributed by atoms with Crippen molar-refractivity contribution in [1.29, 1.82) is 5.26 Å². The number of aromatic nitrogens is 16. The van der Waals surface area contributed by atoms with E-state index in [2.05, 4.69) is 96.4 Å². The van der Waals surface area contributed by atoms with Crippen LogP contribution in [0.25, 0.3) is 135 Å². The van der Waals surface area contributed by atoms with Crippen LogP contribution in [-0.4, -0.2) is 115 Å². The number of hydrogen-bond acceptors (Lipinski definition) is 21. The number of aromatic amines is 4. The van der Waals surface area contributed by atoms with Gasteiger partial charge in [0.25, 0.3) is 5.91 Å². The van der Waals surface area contributed by atoms with Gasteiger partial charge >= 0.3 is 0 Å². The van der Waals surface area contributed by atoms with Gasteiger partial charge in [-0.1, -0.05) is 121 Å². The second-order valence-corrected chi connectivity index (χ2v) is 23.4. The Kier molecular flexibility index (Phi) is 20.4. The Morgan fingerprint density at radius 2 is 0.788 bits per heavy atom. The number of carbonyl (C=O) groups excluding carboxylic acids is 2. The van der Waals surface area contributed by atoms with E-state index in [-0.39, 0.29) is 30.8 Å². The number of nitrogen functional groups attached to an aromatic ring is 4. The number of nitrogens with zero attached hydrogens (tertiary/aromatic N) is 13. The number of aliphatic hydroxyl groups is 2. The van der Waals surface area contributed by atoms with E-state index in [1.54, 1.807) is 49.1 Å². The monoisotopic (exact) mass is 1380 g/mol. The number of benzene rings is 8. The number of imidazole rings is 4. The molecule has 2 amide bonds. The molecule has 16 rings (SSSR count). The van der Waals surface area contributed by atoms with E-state index in [4.69, 9.17) is 33.3 Å². The molecule has 0 unspecified atom stereocenters. The number of anilines is 4. The summed E-state index contributed by atoms with van der Waals surface area (Å²) in [5.74, 6) is 3.28. The van der Waals surface area contributed by atoms with Crippen LogP contribution in [0.4, 0.5) is 23.3 Å². The number of nitriles is 1. The van der Waals surface area contributed by atoms with Gasteiger partial charge in [-0.25, -0.2) is 59.8 Å². The zero-order valence-electron chi connectivity index (χ0n) is 55.7. The van der Waals surface area contributed by atoms with Gasteiger partial charge < -0.3 is 63.7 Å². The van der Waals surface area contributed by atoms with Gasteiger partial charge in [0.1, 0.15) is 22.8 Å². The van der Waals surface area contributed by atoms with Crippen LogP contribution in [0.2, 0.25) is 0 Å². The number of amides is 2. The Morgan fingerprint density at radius 1 is 0.433 bits per heavy atom. The first-order valence-electron chi connectivity index (χ1n) is 32.6. The van der Waals surface area contributed by atoms with Gasteiger partial charge in [0.15, 0.2) is 46.6 Å². The summed E-state index contributed by atoms with van der Waals surface area (Å²) in [6, 6.07) is 62.5. The predicted octanol–water partition coefficient (Wildman–Crippen LogP) is 11.2. The van der Waals surface area contributed by atoms with Gasteiger partial charge in [0, 0.05) is 54.4 Å². The normalized spacial score (nSPS) is 10.9. The van der Waals surface area contributed by atoms with E-state index in [0.717, 1.165) is 77.5 Å². The molecule has 0 aliphatic heterocycles. The van der Waals surface area contributed by atoms with Gasteiger partial charge in [0.05, 0.1) is 110 Å². The lowest BCUT2D eigenvalue weighted by Gasteiger charge is -2.08. The third-order valence-electron chi connectivity index (χ3n) is 16.3. The number of carbonyl (C=O) groups is 2. The molecule has 0 aliphatic rings. The van der Waals surface area contributed by atoms with Crippen molar-refractivity contribution in [2.75, 3.05) is 36.1 Å². The van der Waals surface area contributed by atoms with Gasteiger partial charge in [-0.15, -0.1) is 0 Å². The summed E-state index contributed by atoms with van der Waals surface area (Å²) in [6.07, 6.45) is 6.98. The standard InChI is InChI=1S/C21H20N6O2.C20H18N6O.C18H12N6.C18H15N5O/c22-19-18(20-26-15-4-1-2-5-16(15)27-20)25-17(12-24-19)13-6-8-14(9-7-13)21(29)23-10-3-11-28;1-12(27)22-10-13-6-8-14(9-7-13)17-11-23-19(21)18(24-17)20-25-15-4-2-3-5-16(15)26-20;19-9-11-5-7-12(8-6-11)15-10-21-17(20)16(22-15)18-23-13-3-1-2-4-14(13)24-18;19-17-16(18-22-13-7-3-4-8-14(13)23-18)21-15(9-20-17)12-6-2-1-5-11(12)10-24/h1-2,4-9,12,28H,3,10-11H2,(H2,22,24)(H,23,29)(H,26,27);2-9,11H,10H2,1H3,(H2,21,23)(H,22,27)(H,25,26);1-8,10H,(H2,20,21)(H,23,24);1-9,24H,10H2,(H2,19,20)(H,22,23). The van der Waals surface area contributed by atoms with Crippen molar-refractivity contribution in [2.45, 2.75) is 26.5 Å². The number of rotatable bonds is 15. The number of aliphatic hydroxyl groups excluding tert-OH is 2. The molecule has 8 aromatic heterocycles. The zero-order chi connectivity index (χ0) is 72.1. The fraction of sp³-hybridized carbons (Fsp3) is 0.0779. The van der Waals surface area contributed by atoms with Crippen LogP contribution in [0, 0.1) is 11.3 Å². The van der Waals surface area contributed by atoms with Crippen molar-refractivity contribution in [2.24, 2.45) is 0 Å². The molecular formula is C77H65N23O4. The van der Waals surface area contributed by atoms with Crippen molar-refractivity contribution >= 4 is 79.2 Å². The van der Waals surface area contributed by atoms with Gasteiger partial charge in [-0.2, -0.15) is 5.26 Å². The molecule has 16 N–H and O–H groups in total. The Labute approximate surface area is 592 Å². The predicted molar refractivity (Wildman–Crippen MR) is 400 cm³/mol. The highest BCUT2D eigenvalue weighted by molar-refractivity contribution is 5.95. The molecule has 0 fully saturated rings. The van der Waals surface area contributed by atoms with E-state index >= 15 is 0 Å². The van der Waals surface area contributed by atoms with Crippen molar-refractivity contribution in [1.82, 2.24) is 90.4 Å². The van der Waals surface area contributed by atoms with Crippen LogP contribution >= 0.6 is 0 Å². The second kappa shape index (κ2) is 31.2. The maximum Gasteiger partial charge on any atom is 0.251 e. The minimum Gasteiger partial charge on any atom is -0.396 e. The Morgan fingerprint density at radius 3 is 1.16 bits per heavy atom. The number of nitrogens with one attached hydrogen (secondary N) is 6. The average molecular weight is 1380 g/mol. The highest BCUT2D eigenvalue weighted by Crippen LogP contribution is 2.32. The highest BCUT2D eigenvalue weighted by Gasteiger charge is 2.19. The average Bonchev–Trinajstić information content (AvgIpc) is 1.69. The number of H-pyrrole nitrogens is 4. The molecule has 27 nitrogen and oxygen atoms in total.